The zero-order chi connectivity index (χ0) is 41.9. The number of hydrogen-bond acceptors (Lipinski definition) is 0. The fraction of sp³-hybridized carbons (Fsp3) is 0. The van der Waals surface area contributed by atoms with E-state index in [-0.39, 0.29) is 0 Å². The van der Waals surface area contributed by atoms with Crippen LogP contribution in [0.5, 0.6) is 0 Å². The molecule has 2 heterocycles. The Bertz CT molecular complexity index is 3950. The third-order valence-electron chi connectivity index (χ3n) is 13.8. The smallest absolute Gasteiger partial charge is 0.0633 e. The van der Waals surface area contributed by atoms with E-state index in [9.17, 15) is 0 Å². The van der Waals surface area contributed by atoms with Crippen LogP contribution in [0.3, 0.4) is 0 Å². The predicted octanol–water partition coefficient (Wildman–Crippen LogP) is 17.0. The summed E-state index contributed by atoms with van der Waals surface area (Å²) in [4.78, 5) is 0. The predicted molar refractivity (Wildman–Crippen MR) is 274 cm³/mol. The summed E-state index contributed by atoms with van der Waals surface area (Å²) in [6.07, 6.45) is 0. The van der Waals surface area contributed by atoms with Gasteiger partial charge in [0.15, 0.2) is 0 Å². The molecule has 12 aromatic carbocycles. The highest BCUT2D eigenvalue weighted by molar-refractivity contribution is 6.44. The highest BCUT2D eigenvalue weighted by Crippen LogP contribution is 2.51. The second kappa shape index (κ2) is 13.5. The molecule has 2 aromatic heterocycles. The van der Waals surface area contributed by atoms with Gasteiger partial charge in [0.05, 0.1) is 22.1 Å². The average Bonchev–Trinajstić information content (AvgIpc) is 3.90. The van der Waals surface area contributed by atoms with E-state index in [1.165, 1.54) is 120 Å². The summed E-state index contributed by atoms with van der Waals surface area (Å²) >= 11 is 0. The molecule has 64 heavy (non-hydrogen) atoms. The minimum absolute atomic E-state index is 1.14. The zero-order valence-corrected chi connectivity index (χ0v) is 34.8. The van der Waals surface area contributed by atoms with Gasteiger partial charge in [0.25, 0.3) is 0 Å². The van der Waals surface area contributed by atoms with Crippen LogP contribution in [0.4, 0.5) is 0 Å². The van der Waals surface area contributed by atoms with E-state index in [0.717, 1.165) is 11.4 Å². The largest absolute Gasteiger partial charge is 0.309 e. The number of nitrogens with zero attached hydrogens (tertiary/aromatic N) is 2. The van der Waals surface area contributed by atoms with Crippen molar-refractivity contribution in [2.24, 2.45) is 0 Å². The SMILES string of the molecule is c1ccc(-n2c3cc(-c4ccc5ccccc5c4)ccc3c3c4ccccc4c4c(c5ccccc5c5c6ccc(-c7ccc8ccccc8c7)cc6n(-c6ccccc6)c54)c32)cc1. The zero-order valence-electron chi connectivity index (χ0n) is 34.8. The first-order chi connectivity index (χ1) is 31.8. The first kappa shape index (κ1) is 35.2. The summed E-state index contributed by atoms with van der Waals surface area (Å²) in [5.41, 5.74) is 11.9. The molecule has 0 N–H and O–H groups in total. The monoisotopic (exact) mass is 810 g/mol. The molecule has 0 aliphatic rings. The maximum Gasteiger partial charge on any atom is 0.0633 e. The Kier molecular flexibility index (Phi) is 7.43. The Morgan fingerprint density at radius 1 is 0.219 bits per heavy atom. The fourth-order valence-corrected chi connectivity index (χ4v) is 11.0. The minimum Gasteiger partial charge on any atom is -0.309 e. The van der Waals surface area contributed by atoms with Gasteiger partial charge in [-0.3, -0.25) is 0 Å². The van der Waals surface area contributed by atoms with Gasteiger partial charge in [0, 0.05) is 43.7 Å². The molecule has 0 amide bonds. The van der Waals surface area contributed by atoms with Crippen LogP contribution in [0.1, 0.15) is 0 Å². The number of para-hydroxylation sites is 2. The number of hydrogen-bond donors (Lipinski definition) is 0. The van der Waals surface area contributed by atoms with E-state index in [1.807, 2.05) is 0 Å². The number of rotatable bonds is 4. The summed E-state index contributed by atoms with van der Waals surface area (Å²) in [5, 5.41) is 17.6. The van der Waals surface area contributed by atoms with Gasteiger partial charge in [-0.2, -0.15) is 0 Å². The Morgan fingerprint density at radius 3 is 0.969 bits per heavy atom. The van der Waals surface area contributed by atoms with Crippen molar-refractivity contribution in [3.63, 3.8) is 0 Å². The second-order valence-electron chi connectivity index (χ2n) is 17.2. The molecule has 0 bridgehead atoms. The molecule has 14 rings (SSSR count). The first-order valence-corrected chi connectivity index (χ1v) is 22.2. The standard InChI is InChI=1S/C62H38N2/c1-3-19-47(20-4-1)63-55-37-45(43-29-27-39-15-7-9-17-41(39)35-43)31-33-53(55)57-49-23-11-14-26-52(49)60-59(61(57)63)51-25-13-12-24-50(51)58-54-34-32-46(44-30-28-40-16-8-10-18-42(40)36-44)38-56(54)64(62(58)60)48-21-5-2-6-22-48/h1-38H. The second-order valence-corrected chi connectivity index (χ2v) is 17.2. The Hall–Kier alpha value is -8.46. The van der Waals surface area contributed by atoms with Crippen LogP contribution in [-0.2, 0) is 0 Å². The highest BCUT2D eigenvalue weighted by Gasteiger charge is 2.26. The lowest BCUT2D eigenvalue weighted by molar-refractivity contribution is 1.18. The van der Waals surface area contributed by atoms with Crippen LogP contribution >= 0.6 is 0 Å². The molecule has 0 radical (unpaired) electrons. The normalized spacial score (nSPS) is 12.1. The molecule has 0 saturated carbocycles. The summed E-state index contributed by atoms with van der Waals surface area (Å²) in [6, 6.07) is 85.4. The van der Waals surface area contributed by atoms with Gasteiger partial charge in [0.1, 0.15) is 0 Å². The van der Waals surface area contributed by atoms with Crippen molar-refractivity contribution in [2.45, 2.75) is 0 Å². The first-order valence-electron chi connectivity index (χ1n) is 22.2. The summed E-state index contributed by atoms with van der Waals surface area (Å²) in [6.45, 7) is 0. The topological polar surface area (TPSA) is 9.86 Å². The summed E-state index contributed by atoms with van der Waals surface area (Å²) < 4.78 is 5.10. The van der Waals surface area contributed by atoms with Crippen molar-refractivity contribution in [3.8, 4) is 33.6 Å². The molecule has 0 saturated heterocycles. The van der Waals surface area contributed by atoms with Crippen LogP contribution in [0.15, 0.2) is 231 Å². The molecule has 2 nitrogen and oxygen atoms in total. The van der Waals surface area contributed by atoms with E-state index in [2.05, 4.69) is 240 Å². The van der Waals surface area contributed by atoms with Gasteiger partial charge >= 0.3 is 0 Å². The van der Waals surface area contributed by atoms with Crippen molar-refractivity contribution in [2.75, 3.05) is 0 Å². The van der Waals surface area contributed by atoms with Crippen LogP contribution in [0.25, 0.3) is 131 Å². The highest BCUT2D eigenvalue weighted by atomic mass is 15.0. The maximum absolute atomic E-state index is 2.55. The molecular weight excluding hydrogens is 773 g/mol. The third kappa shape index (κ3) is 5.02. The van der Waals surface area contributed by atoms with Gasteiger partial charge < -0.3 is 9.13 Å². The lowest BCUT2D eigenvalue weighted by atomic mass is 9.90. The molecule has 0 spiro atoms. The van der Waals surface area contributed by atoms with E-state index < -0.39 is 0 Å². The van der Waals surface area contributed by atoms with E-state index in [4.69, 9.17) is 0 Å². The quantitative estimate of drug-likeness (QED) is 0.157. The van der Waals surface area contributed by atoms with Crippen molar-refractivity contribution < 1.29 is 0 Å². The average molecular weight is 811 g/mol. The molecule has 0 unspecified atom stereocenters. The van der Waals surface area contributed by atoms with Crippen molar-refractivity contribution in [1.82, 2.24) is 9.13 Å². The Labute approximate surface area is 369 Å². The molecule has 14 aromatic rings. The van der Waals surface area contributed by atoms with Gasteiger partial charge in [-0.15, -0.1) is 0 Å². The van der Waals surface area contributed by atoms with Gasteiger partial charge in [-0.05, 0) is 114 Å². The van der Waals surface area contributed by atoms with E-state index in [1.54, 1.807) is 0 Å². The molecule has 296 valence electrons. The van der Waals surface area contributed by atoms with Gasteiger partial charge in [0.2, 0.25) is 0 Å². The molecular formula is C62H38N2. The van der Waals surface area contributed by atoms with Crippen LogP contribution in [0.2, 0.25) is 0 Å². The lowest BCUT2D eigenvalue weighted by Crippen LogP contribution is -1.98. The lowest BCUT2D eigenvalue weighted by Gasteiger charge is -2.17. The maximum atomic E-state index is 2.55. The fourth-order valence-electron chi connectivity index (χ4n) is 11.0. The molecule has 0 aliphatic carbocycles. The van der Waals surface area contributed by atoms with E-state index in [0.29, 0.717) is 0 Å². The Balaban J connectivity index is 1.19. The molecule has 2 heteroatoms. The number of fused-ring (bicyclic) bond motifs is 17. The molecule has 0 fully saturated rings. The summed E-state index contributed by atoms with van der Waals surface area (Å²) in [5.74, 6) is 0. The van der Waals surface area contributed by atoms with Gasteiger partial charge in [-0.1, -0.05) is 182 Å². The van der Waals surface area contributed by atoms with Crippen molar-refractivity contribution in [3.05, 3.63) is 231 Å². The van der Waals surface area contributed by atoms with Gasteiger partial charge in [-0.25, -0.2) is 0 Å². The third-order valence-corrected chi connectivity index (χ3v) is 13.8. The van der Waals surface area contributed by atoms with Crippen LogP contribution < -0.4 is 0 Å². The van der Waals surface area contributed by atoms with Crippen LogP contribution in [0, 0.1) is 0 Å². The summed E-state index contributed by atoms with van der Waals surface area (Å²) in [7, 11) is 0. The van der Waals surface area contributed by atoms with Crippen LogP contribution in [-0.4, -0.2) is 9.13 Å². The van der Waals surface area contributed by atoms with Crippen molar-refractivity contribution >= 4 is 97.5 Å². The minimum atomic E-state index is 1.14. The molecule has 0 atom stereocenters. The Morgan fingerprint density at radius 2 is 0.547 bits per heavy atom. The van der Waals surface area contributed by atoms with E-state index >= 15 is 0 Å². The number of aromatic nitrogens is 2. The molecule has 0 aliphatic heterocycles. The number of benzene rings is 12. The van der Waals surface area contributed by atoms with Crippen molar-refractivity contribution in [1.29, 1.82) is 0 Å².